The highest BCUT2D eigenvalue weighted by Gasteiger charge is 2.24. The molecule has 8 nitrogen and oxygen atoms in total. The van der Waals surface area contributed by atoms with Gasteiger partial charge in [0, 0.05) is 12.7 Å². The van der Waals surface area contributed by atoms with Crippen LogP contribution in [0.5, 0.6) is 5.75 Å². The number of thioether (sulfide) groups is 1. The quantitative estimate of drug-likeness (QED) is 0.719. The maximum Gasteiger partial charge on any atom is 0.372 e. The van der Waals surface area contributed by atoms with Gasteiger partial charge in [-0.05, 0) is 44.7 Å². The fraction of sp³-hybridized carbons (Fsp3) is 0.412. The summed E-state index contributed by atoms with van der Waals surface area (Å²) in [5.41, 5.74) is -0.635. The predicted molar refractivity (Wildman–Crippen MR) is 95.3 cm³/mol. The highest BCUT2D eigenvalue weighted by Crippen LogP contribution is 2.23. The molecule has 2 N–H and O–H groups in total. The number of para-hydroxylation sites is 1. The van der Waals surface area contributed by atoms with Gasteiger partial charge in [-0.25, -0.2) is 14.4 Å². The summed E-state index contributed by atoms with van der Waals surface area (Å²) in [6.07, 6.45) is 0. The van der Waals surface area contributed by atoms with Gasteiger partial charge in [-0.15, -0.1) is 0 Å². The summed E-state index contributed by atoms with van der Waals surface area (Å²) in [4.78, 5) is 46.2. The van der Waals surface area contributed by atoms with Gasteiger partial charge in [-0.3, -0.25) is 4.79 Å². The Morgan fingerprint density at radius 2 is 1.81 bits per heavy atom. The third kappa shape index (κ3) is 7.56. The largest absolute Gasteiger partial charge is 0.480 e. The van der Waals surface area contributed by atoms with Crippen LogP contribution in [0.2, 0.25) is 0 Å². The summed E-state index contributed by atoms with van der Waals surface area (Å²) in [6, 6.07) is 4.84. The van der Waals surface area contributed by atoms with Crippen molar-refractivity contribution in [1.29, 1.82) is 0 Å². The second kappa shape index (κ2) is 9.23. The second-order valence-electron chi connectivity index (χ2n) is 6.25. The van der Waals surface area contributed by atoms with E-state index in [2.05, 4.69) is 5.32 Å². The monoisotopic (exact) mass is 383 g/mol. The van der Waals surface area contributed by atoms with E-state index >= 15 is 0 Å². The van der Waals surface area contributed by atoms with E-state index in [-0.39, 0.29) is 17.1 Å². The molecule has 1 aromatic rings. The number of esters is 1. The molecule has 26 heavy (non-hydrogen) atoms. The molecule has 1 atom stereocenters. The Kier molecular flexibility index (Phi) is 7.63. The molecule has 1 amide bonds. The van der Waals surface area contributed by atoms with Crippen LogP contribution in [0, 0.1) is 0 Å². The Balaban J connectivity index is 2.77. The van der Waals surface area contributed by atoms with E-state index in [4.69, 9.17) is 14.6 Å². The average molecular weight is 383 g/mol. The predicted octanol–water partition coefficient (Wildman–Crippen LogP) is 2.46. The second-order valence-corrected chi connectivity index (χ2v) is 7.21. The zero-order valence-corrected chi connectivity index (χ0v) is 15.7. The van der Waals surface area contributed by atoms with Crippen LogP contribution in [0.1, 0.15) is 38.1 Å². The minimum atomic E-state index is -1.27. The number of carbonyl (C=O) groups excluding carboxylic acids is 3. The van der Waals surface area contributed by atoms with Crippen LogP contribution in [0.4, 0.5) is 4.79 Å². The zero-order chi connectivity index (χ0) is 19.9. The Labute approximate surface area is 155 Å². The Morgan fingerprint density at radius 3 is 2.35 bits per heavy atom. The lowest BCUT2D eigenvalue weighted by atomic mass is 10.1. The van der Waals surface area contributed by atoms with Gasteiger partial charge in [0.25, 0.3) is 0 Å². The molecule has 1 aromatic carbocycles. The standard InChI is InChI=1S/C17H21NO7S/c1-10(19)18-12(14(20)21)9-26-16(23)24-13-8-6-5-7-11(13)15(22)25-17(2,3)4/h5-8,12H,9H2,1-4H3,(H,18,19)(H,20,21). The molecular formula is C17H21NO7S. The Morgan fingerprint density at radius 1 is 1.19 bits per heavy atom. The molecule has 9 heteroatoms. The first-order valence-corrected chi connectivity index (χ1v) is 8.65. The molecule has 0 bridgehead atoms. The lowest BCUT2D eigenvalue weighted by Gasteiger charge is -2.20. The van der Waals surface area contributed by atoms with Crippen LogP contribution in [0.15, 0.2) is 24.3 Å². The Bertz CT molecular complexity index is 697. The third-order valence-electron chi connectivity index (χ3n) is 2.74. The highest BCUT2D eigenvalue weighted by molar-refractivity contribution is 8.13. The van der Waals surface area contributed by atoms with Crippen molar-refractivity contribution in [1.82, 2.24) is 5.32 Å². The summed E-state index contributed by atoms with van der Waals surface area (Å²) in [6.45, 7) is 6.31. The van der Waals surface area contributed by atoms with E-state index in [0.717, 1.165) is 0 Å². The van der Waals surface area contributed by atoms with Crippen molar-refractivity contribution >= 4 is 34.9 Å². The molecular weight excluding hydrogens is 362 g/mol. The van der Waals surface area contributed by atoms with Gasteiger partial charge >= 0.3 is 17.2 Å². The van der Waals surface area contributed by atoms with Crippen molar-refractivity contribution < 1.29 is 33.8 Å². The molecule has 142 valence electrons. The summed E-state index contributed by atoms with van der Waals surface area (Å²) >= 11 is 0.574. The van der Waals surface area contributed by atoms with Gasteiger partial charge in [-0.2, -0.15) is 0 Å². The van der Waals surface area contributed by atoms with Crippen molar-refractivity contribution in [2.75, 3.05) is 5.75 Å². The van der Waals surface area contributed by atoms with E-state index < -0.39 is 34.8 Å². The lowest BCUT2D eigenvalue weighted by molar-refractivity contribution is -0.140. The van der Waals surface area contributed by atoms with Crippen molar-refractivity contribution in [2.24, 2.45) is 0 Å². The number of ether oxygens (including phenoxy) is 2. The number of carboxylic acid groups (broad SMARTS) is 1. The normalized spacial score (nSPS) is 12.0. The van der Waals surface area contributed by atoms with Crippen LogP contribution in [-0.4, -0.2) is 45.6 Å². The van der Waals surface area contributed by atoms with E-state index in [1.165, 1.54) is 19.1 Å². The number of hydrogen-bond acceptors (Lipinski definition) is 7. The maximum absolute atomic E-state index is 12.2. The fourth-order valence-corrected chi connectivity index (χ4v) is 2.43. The van der Waals surface area contributed by atoms with Crippen LogP contribution in [-0.2, 0) is 14.3 Å². The van der Waals surface area contributed by atoms with Crippen molar-refractivity contribution in [3.8, 4) is 5.75 Å². The summed E-state index contributed by atoms with van der Waals surface area (Å²) in [7, 11) is 0. The topological polar surface area (TPSA) is 119 Å². The summed E-state index contributed by atoms with van der Waals surface area (Å²) in [5, 5.41) is 10.4. The number of rotatable bonds is 6. The Hall–Kier alpha value is -2.55. The SMILES string of the molecule is CC(=O)NC(CSC(=O)Oc1ccccc1C(=O)OC(C)(C)C)C(=O)O. The summed E-state index contributed by atoms with van der Waals surface area (Å²) < 4.78 is 10.4. The van der Waals surface area contributed by atoms with Crippen LogP contribution >= 0.6 is 11.8 Å². The molecule has 0 aliphatic heterocycles. The van der Waals surface area contributed by atoms with Gasteiger partial charge in [-0.1, -0.05) is 12.1 Å². The van der Waals surface area contributed by atoms with E-state index in [1.54, 1.807) is 32.9 Å². The van der Waals surface area contributed by atoms with Crippen LogP contribution < -0.4 is 10.1 Å². The molecule has 1 unspecified atom stereocenters. The smallest absolute Gasteiger partial charge is 0.372 e. The molecule has 0 aromatic heterocycles. The molecule has 0 spiro atoms. The van der Waals surface area contributed by atoms with E-state index in [0.29, 0.717) is 11.8 Å². The van der Waals surface area contributed by atoms with Crippen molar-refractivity contribution in [2.45, 2.75) is 39.3 Å². The summed E-state index contributed by atoms with van der Waals surface area (Å²) in [5.74, 6) is -2.66. The first kappa shape index (κ1) is 21.5. The maximum atomic E-state index is 12.2. The van der Waals surface area contributed by atoms with Gasteiger partial charge < -0.3 is 19.9 Å². The van der Waals surface area contributed by atoms with Crippen LogP contribution in [0.25, 0.3) is 0 Å². The molecule has 0 aliphatic rings. The van der Waals surface area contributed by atoms with Gasteiger partial charge in [0.2, 0.25) is 5.91 Å². The lowest BCUT2D eigenvalue weighted by Crippen LogP contribution is -2.41. The van der Waals surface area contributed by atoms with E-state index in [1.807, 2.05) is 0 Å². The van der Waals surface area contributed by atoms with Crippen molar-refractivity contribution in [3.05, 3.63) is 29.8 Å². The number of amides is 1. The number of nitrogens with one attached hydrogen (secondary N) is 1. The van der Waals surface area contributed by atoms with Crippen LogP contribution in [0.3, 0.4) is 0 Å². The highest BCUT2D eigenvalue weighted by atomic mass is 32.2. The molecule has 0 aliphatic carbocycles. The van der Waals surface area contributed by atoms with Gasteiger partial charge in [0.1, 0.15) is 23.0 Å². The first-order valence-electron chi connectivity index (χ1n) is 7.66. The van der Waals surface area contributed by atoms with Gasteiger partial charge in [0.15, 0.2) is 0 Å². The average Bonchev–Trinajstić information content (AvgIpc) is 2.49. The first-order chi connectivity index (χ1) is 12.0. The molecule has 0 saturated carbocycles. The number of benzene rings is 1. The van der Waals surface area contributed by atoms with Gasteiger partial charge in [0.05, 0.1) is 0 Å². The molecule has 0 fully saturated rings. The fourth-order valence-electron chi connectivity index (χ4n) is 1.75. The third-order valence-corrected chi connectivity index (χ3v) is 3.56. The van der Waals surface area contributed by atoms with E-state index in [9.17, 15) is 19.2 Å². The number of carbonyl (C=O) groups is 4. The zero-order valence-electron chi connectivity index (χ0n) is 14.9. The number of carboxylic acids is 1. The number of aliphatic carboxylic acids is 1. The molecule has 0 saturated heterocycles. The molecule has 0 radical (unpaired) electrons. The molecule has 1 rings (SSSR count). The van der Waals surface area contributed by atoms with Crippen molar-refractivity contribution in [3.63, 3.8) is 0 Å². The molecule has 0 heterocycles. The minimum absolute atomic E-state index is 0.00523. The minimum Gasteiger partial charge on any atom is -0.480 e. The number of hydrogen-bond donors (Lipinski definition) is 2.